The fraction of sp³-hybridized carbons (Fsp3) is 0.364. The van der Waals surface area contributed by atoms with Gasteiger partial charge in [-0.2, -0.15) is 0 Å². The monoisotopic (exact) mass is 378 g/mol. The topological polar surface area (TPSA) is 70.2 Å². The van der Waals surface area contributed by atoms with Gasteiger partial charge in [-0.05, 0) is 37.1 Å². The van der Waals surface area contributed by atoms with Crippen molar-refractivity contribution in [2.45, 2.75) is 26.3 Å². The summed E-state index contributed by atoms with van der Waals surface area (Å²) in [5.41, 5.74) is 5.06. The lowest BCUT2D eigenvalue weighted by atomic mass is 10.1. The Morgan fingerprint density at radius 2 is 1.96 bits per heavy atom. The number of aryl methyl sites for hydroxylation is 2. The van der Waals surface area contributed by atoms with Crippen molar-refractivity contribution in [1.82, 2.24) is 14.9 Å². The van der Waals surface area contributed by atoms with Crippen molar-refractivity contribution in [3.05, 3.63) is 59.4 Å². The van der Waals surface area contributed by atoms with Crippen molar-refractivity contribution < 1.29 is 9.53 Å². The summed E-state index contributed by atoms with van der Waals surface area (Å²) >= 11 is 0. The van der Waals surface area contributed by atoms with Gasteiger partial charge in [0.05, 0.1) is 30.8 Å². The van der Waals surface area contributed by atoms with Crippen LogP contribution in [-0.2, 0) is 22.5 Å². The van der Waals surface area contributed by atoms with Gasteiger partial charge in [0.1, 0.15) is 5.82 Å². The Morgan fingerprint density at radius 3 is 2.75 bits per heavy atom. The summed E-state index contributed by atoms with van der Waals surface area (Å²) in [6.45, 7) is 6.27. The Morgan fingerprint density at radius 1 is 1.18 bits per heavy atom. The lowest BCUT2D eigenvalue weighted by Gasteiger charge is -2.25. The zero-order valence-electron chi connectivity index (χ0n) is 16.2. The van der Waals surface area contributed by atoms with Gasteiger partial charge in [0, 0.05) is 25.2 Å². The Hall–Kier alpha value is -2.70. The smallest absolute Gasteiger partial charge is 0.224 e. The van der Waals surface area contributed by atoms with E-state index in [1.54, 1.807) is 0 Å². The van der Waals surface area contributed by atoms with Crippen LogP contribution in [0.15, 0.2) is 42.5 Å². The fourth-order valence-electron chi connectivity index (χ4n) is 3.42. The van der Waals surface area contributed by atoms with Crippen molar-refractivity contribution in [1.29, 1.82) is 0 Å². The third kappa shape index (κ3) is 4.77. The summed E-state index contributed by atoms with van der Waals surface area (Å²) < 4.78 is 5.39. The van der Waals surface area contributed by atoms with Crippen LogP contribution < -0.4 is 5.32 Å². The molecular formula is C22H26N4O2. The minimum atomic E-state index is 0.0213. The number of anilines is 1. The molecule has 146 valence electrons. The number of H-pyrrole nitrogens is 1. The molecule has 6 heteroatoms. The van der Waals surface area contributed by atoms with E-state index < -0.39 is 0 Å². The molecule has 3 aromatic rings. The van der Waals surface area contributed by atoms with E-state index in [2.05, 4.69) is 51.4 Å². The van der Waals surface area contributed by atoms with Crippen molar-refractivity contribution in [2.24, 2.45) is 0 Å². The molecule has 1 fully saturated rings. The van der Waals surface area contributed by atoms with Gasteiger partial charge in [-0.1, -0.05) is 29.8 Å². The van der Waals surface area contributed by atoms with Crippen molar-refractivity contribution >= 4 is 22.6 Å². The van der Waals surface area contributed by atoms with E-state index in [1.165, 1.54) is 11.1 Å². The van der Waals surface area contributed by atoms with Crippen LogP contribution in [-0.4, -0.2) is 47.1 Å². The maximum absolute atomic E-state index is 12.3. The molecule has 0 spiro atoms. The molecule has 1 aliphatic heterocycles. The van der Waals surface area contributed by atoms with E-state index in [0.717, 1.165) is 61.8 Å². The maximum Gasteiger partial charge on any atom is 0.224 e. The third-order valence-electron chi connectivity index (χ3n) is 5.05. The molecule has 0 aliphatic carbocycles. The van der Waals surface area contributed by atoms with Crippen LogP contribution in [0.1, 0.15) is 23.4 Å². The van der Waals surface area contributed by atoms with Gasteiger partial charge < -0.3 is 15.0 Å². The normalized spacial score (nSPS) is 15.0. The van der Waals surface area contributed by atoms with Gasteiger partial charge in [-0.15, -0.1) is 0 Å². The molecule has 0 bridgehead atoms. The number of rotatable bonds is 6. The Balaban J connectivity index is 1.35. The van der Waals surface area contributed by atoms with Crippen LogP contribution in [0.4, 0.5) is 5.69 Å². The van der Waals surface area contributed by atoms with Crippen LogP contribution in [0.3, 0.4) is 0 Å². The summed E-state index contributed by atoms with van der Waals surface area (Å²) in [6.07, 6.45) is 1.20. The summed E-state index contributed by atoms with van der Waals surface area (Å²) in [7, 11) is 0. The summed E-state index contributed by atoms with van der Waals surface area (Å²) in [4.78, 5) is 22.7. The van der Waals surface area contributed by atoms with Crippen molar-refractivity contribution in [3.8, 4) is 0 Å². The van der Waals surface area contributed by atoms with Crippen LogP contribution in [0.2, 0.25) is 0 Å². The lowest BCUT2D eigenvalue weighted by Crippen LogP contribution is -2.35. The Bertz CT molecular complexity index is 943. The molecule has 1 aromatic heterocycles. The van der Waals surface area contributed by atoms with Crippen LogP contribution in [0, 0.1) is 6.92 Å². The van der Waals surface area contributed by atoms with Gasteiger partial charge in [0.15, 0.2) is 0 Å². The first-order chi connectivity index (χ1) is 13.7. The van der Waals surface area contributed by atoms with Gasteiger partial charge in [-0.25, -0.2) is 4.98 Å². The predicted molar refractivity (Wildman–Crippen MR) is 110 cm³/mol. The standard InChI is InChI=1S/C22H26N4O2/c1-16-2-4-17(5-3-16)6-9-22(27)23-18-7-8-19-20(14-18)25-21(24-19)15-26-10-12-28-13-11-26/h2-5,7-8,14H,6,9-13,15H2,1H3,(H,23,27)(H,24,25). The number of aromatic nitrogens is 2. The van der Waals surface area contributed by atoms with Gasteiger partial charge in [0.2, 0.25) is 5.91 Å². The highest BCUT2D eigenvalue weighted by atomic mass is 16.5. The second-order valence-corrected chi connectivity index (χ2v) is 7.34. The van der Waals surface area contributed by atoms with Gasteiger partial charge in [0.25, 0.3) is 0 Å². The first-order valence-electron chi connectivity index (χ1n) is 9.80. The SMILES string of the molecule is Cc1ccc(CCC(=O)Nc2ccc3nc(CN4CCOCC4)[nH]c3c2)cc1. The van der Waals surface area contributed by atoms with E-state index in [-0.39, 0.29) is 5.91 Å². The first-order valence-corrected chi connectivity index (χ1v) is 9.80. The number of fused-ring (bicyclic) bond motifs is 1. The minimum absolute atomic E-state index is 0.0213. The number of hydrogen-bond donors (Lipinski definition) is 2. The number of ether oxygens (including phenoxy) is 1. The molecule has 1 saturated heterocycles. The molecule has 4 rings (SSSR count). The zero-order valence-corrected chi connectivity index (χ0v) is 16.2. The second-order valence-electron chi connectivity index (χ2n) is 7.34. The second kappa shape index (κ2) is 8.54. The summed E-state index contributed by atoms with van der Waals surface area (Å²) in [5, 5.41) is 2.99. The molecular weight excluding hydrogens is 352 g/mol. The number of aromatic amines is 1. The van der Waals surface area contributed by atoms with Crippen LogP contribution >= 0.6 is 0 Å². The number of hydrogen-bond acceptors (Lipinski definition) is 4. The summed E-state index contributed by atoms with van der Waals surface area (Å²) in [5.74, 6) is 0.965. The average molecular weight is 378 g/mol. The maximum atomic E-state index is 12.3. The van der Waals surface area contributed by atoms with Gasteiger partial charge >= 0.3 is 0 Å². The van der Waals surface area contributed by atoms with Crippen molar-refractivity contribution in [3.63, 3.8) is 0 Å². The van der Waals surface area contributed by atoms with Crippen molar-refractivity contribution in [2.75, 3.05) is 31.6 Å². The Kier molecular flexibility index (Phi) is 5.69. The third-order valence-corrected chi connectivity index (χ3v) is 5.05. The first kappa shape index (κ1) is 18.7. The molecule has 2 aromatic carbocycles. The Labute approximate surface area is 164 Å². The molecule has 0 radical (unpaired) electrons. The fourth-order valence-corrected chi connectivity index (χ4v) is 3.42. The number of nitrogens with zero attached hydrogens (tertiary/aromatic N) is 2. The van der Waals surface area contributed by atoms with E-state index in [1.807, 2.05) is 18.2 Å². The number of amides is 1. The van der Waals surface area contributed by atoms with E-state index >= 15 is 0 Å². The van der Waals surface area contributed by atoms with Gasteiger partial charge in [-0.3, -0.25) is 9.69 Å². The number of carbonyl (C=O) groups excluding carboxylic acids is 1. The van der Waals surface area contributed by atoms with Crippen LogP contribution in [0.25, 0.3) is 11.0 Å². The predicted octanol–water partition coefficient (Wildman–Crippen LogP) is 3.27. The molecule has 2 N–H and O–H groups in total. The van der Waals surface area contributed by atoms with E-state index in [0.29, 0.717) is 6.42 Å². The highest BCUT2D eigenvalue weighted by Crippen LogP contribution is 2.19. The number of nitrogens with one attached hydrogen (secondary N) is 2. The molecule has 2 heterocycles. The zero-order chi connectivity index (χ0) is 19.3. The molecule has 0 unspecified atom stereocenters. The quantitative estimate of drug-likeness (QED) is 0.691. The largest absolute Gasteiger partial charge is 0.379 e. The highest BCUT2D eigenvalue weighted by molar-refractivity contribution is 5.93. The number of morpholine rings is 1. The average Bonchev–Trinajstić information content (AvgIpc) is 3.10. The molecule has 28 heavy (non-hydrogen) atoms. The number of carbonyl (C=O) groups is 1. The van der Waals surface area contributed by atoms with Crippen LogP contribution in [0.5, 0.6) is 0 Å². The molecule has 1 amide bonds. The number of benzene rings is 2. The lowest BCUT2D eigenvalue weighted by molar-refractivity contribution is -0.116. The number of imidazole rings is 1. The van der Waals surface area contributed by atoms with E-state index in [9.17, 15) is 4.79 Å². The molecule has 0 saturated carbocycles. The molecule has 0 atom stereocenters. The van der Waals surface area contributed by atoms with E-state index in [4.69, 9.17) is 4.74 Å². The molecule has 1 aliphatic rings. The molecule has 6 nitrogen and oxygen atoms in total. The summed E-state index contributed by atoms with van der Waals surface area (Å²) in [6, 6.07) is 14.1. The minimum Gasteiger partial charge on any atom is -0.379 e. The highest BCUT2D eigenvalue weighted by Gasteiger charge is 2.13.